The average molecular weight is 377 g/mol. The summed E-state index contributed by atoms with van der Waals surface area (Å²) in [6, 6.07) is 13.9. The predicted octanol–water partition coefficient (Wildman–Crippen LogP) is 5.67. The summed E-state index contributed by atoms with van der Waals surface area (Å²) in [5, 5.41) is 20.1. The second-order valence-corrected chi connectivity index (χ2v) is 7.27. The van der Waals surface area contributed by atoms with Crippen LogP contribution in [0.3, 0.4) is 0 Å². The first-order valence-electron chi connectivity index (χ1n) is 6.84. The Morgan fingerprint density at radius 2 is 2.12 bits per heavy atom. The highest BCUT2D eigenvalue weighted by molar-refractivity contribution is 7.99. The number of nitrogens with zero attached hydrogens (tertiary/aromatic N) is 2. The van der Waals surface area contributed by atoms with Gasteiger partial charge < -0.3 is 5.11 Å². The fraction of sp³-hybridized carbons (Fsp3) is 0.0588. The van der Waals surface area contributed by atoms with E-state index < -0.39 is 5.82 Å². The van der Waals surface area contributed by atoms with Gasteiger partial charge in [-0.2, -0.15) is 5.26 Å². The van der Waals surface area contributed by atoms with Crippen LogP contribution in [0.5, 0.6) is 0 Å². The van der Waals surface area contributed by atoms with E-state index in [1.807, 2.05) is 30.3 Å². The summed E-state index contributed by atoms with van der Waals surface area (Å²) in [7, 11) is 0. The van der Waals surface area contributed by atoms with Gasteiger partial charge in [0.15, 0.2) is 0 Å². The number of benzene rings is 2. The Labute approximate surface area is 151 Å². The number of allylic oxidation sites excluding steroid dienone is 1. The number of rotatable bonds is 4. The van der Waals surface area contributed by atoms with Crippen molar-refractivity contribution in [2.45, 2.75) is 4.90 Å². The molecule has 3 nitrogen and oxygen atoms in total. The van der Waals surface area contributed by atoms with E-state index in [0.29, 0.717) is 9.90 Å². The molecule has 0 bridgehead atoms. The van der Waals surface area contributed by atoms with E-state index in [1.165, 1.54) is 35.2 Å². The van der Waals surface area contributed by atoms with Crippen molar-refractivity contribution in [3.05, 3.63) is 64.1 Å². The minimum Gasteiger partial charge on any atom is -0.510 e. The minimum atomic E-state index is -0.493. The number of hydrogen-bond acceptors (Lipinski definition) is 5. The Bertz CT molecular complexity index is 945. The molecule has 0 aliphatic heterocycles. The second-order valence-electron chi connectivity index (χ2n) is 4.78. The zero-order chi connectivity index (χ0) is 17.1. The molecule has 0 amide bonds. The standard InChI is InChI=1S/C17H10ClFN2OS2/c18-12-7-10(5-6-13(12)19)23-9-15(22)11(8-20)17-21-14-3-1-2-4-16(14)24-17/h1-7,22H,9H2/b15-11-. The van der Waals surface area contributed by atoms with E-state index >= 15 is 0 Å². The van der Waals surface area contributed by atoms with Crippen molar-refractivity contribution in [3.63, 3.8) is 0 Å². The number of aliphatic hydroxyl groups is 1. The maximum Gasteiger partial charge on any atom is 0.141 e. The summed E-state index contributed by atoms with van der Waals surface area (Å²) in [5.74, 6) is -0.393. The highest BCUT2D eigenvalue weighted by atomic mass is 35.5. The lowest BCUT2D eigenvalue weighted by Gasteiger charge is -2.04. The van der Waals surface area contributed by atoms with Gasteiger partial charge in [0.2, 0.25) is 0 Å². The molecule has 1 aromatic heterocycles. The zero-order valence-corrected chi connectivity index (χ0v) is 14.6. The van der Waals surface area contributed by atoms with Gasteiger partial charge in [-0.15, -0.1) is 23.1 Å². The topological polar surface area (TPSA) is 56.9 Å². The number of fused-ring (bicyclic) bond motifs is 1. The number of hydrogen-bond donors (Lipinski definition) is 1. The first-order chi connectivity index (χ1) is 11.6. The molecular formula is C17H10ClFN2OS2. The molecule has 0 unspecified atom stereocenters. The Balaban J connectivity index is 1.84. The van der Waals surface area contributed by atoms with Crippen molar-refractivity contribution >= 4 is 50.5 Å². The summed E-state index contributed by atoms with van der Waals surface area (Å²) < 4.78 is 14.1. The Morgan fingerprint density at radius 3 is 2.83 bits per heavy atom. The normalized spacial score (nSPS) is 12.0. The predicted molar refractivity (Wildman–Crippen MR) is 96.9 cm³/mol. The highest BCUT2D eigenvalue weighted by Crippen LogP contribution is 2.30. The number of aliphatic hydroxyl groups excluding tert-OH is 1. The van der Waals surface area contributed by atoms with Crippen molar-refractivity contribution in [3.8, 4) is 6.07 Å². The molecule has 0 aliphatic carbocycles. The molecule has 1 N–H and O–H groups in total. The SMILES string of the molecule is N#C/C(=C(/O)CSc1ccc(F)c(Cl)c1)c1nc2ccccc2s1. The zero-order valence-electron chi connectivity index (χ0n) is 12.2. The summed E-state index contributed by atoms with van der Waals surface area (Å²) in [4.78, 5) is 5.09. The fourth-order valence-corrected chi connectivity index (χ4v) is 4.05. The van der Waals surface area contributed by atoms with Gasteiger partial charge in [-0.05, 0) is 30.3 Å². The molecule has 1 heterocycles. The molecule has 0 radical (unpaired) electrons. The van der Waals surface area contributed by atoms with Crippen molar-refractivity contribution in [2.75, 3.05) is 5.75 Å². The summed E-state index contributed by atoms with van der Waals surface area (Å²) in [5.41, 5.74) is 0.938. The van der Waals surface area contributed by atoms with E-state index in [1.54, 1.807) is 6.07 Å². The van der Waals surface area contributed by atoms with Gasteiger partial charge in [0.05, 0.1) is 21.0 Å². The molecule has 120 valence electrons. The van der Waals surface area contributed by atoms with E-state index in [0.717, 1.165) is 10.2 Å². The molecular weight excluding hydrogens is 367 g/mol. The third-order valence-electron chi connectivity index (χ3n) is 3.17. The van der Waals surface area contributed by atoms with Gasteiger partial charge in [-0.25, -0.2) is 9.37 Å². The van der Waals surface area contributed by atoms with Crippen molar-refractivity contribution in [2.24, 2.45) is 0 Å². The highest BCUT2D eigenvalue weighted by Gasteiger charge is 2.14. The van der Waals surface area contributed by atoms with Crippen LogP contribution in [0.4, 0.5) is 4.39 Å². The van der Waals surface area contributed by atoms with Crippen LogP contribution in [-0.2, 0) is 0 Å². The quantitative estimate of drug-likeness (QED) is 0.362. The number of halogens is 2. The van der Waals surface area contributed by atoms with E-state index in [9.17, 15) is 14.8 Å². The third-order valence-corrected chi connectivity index (χ3v) is 5.52. The summed E-state index contributed by atoms with van der Waals surface area (Å²) >= 11 is 8.35. The van der Waals surface area contributed by atoms with Crippen molar-refractivity contribution in [1.82, 2.24) is 4.98 Å². The molecule has 24 heavy (non-hydrogen) atoms. The van der Waals surface area contributed by atoms with Gasteiger partial charge in [0.1, 0.15) is 28.2 Å². The first kappa shape index (κ1) is 16.8. The molecule has 0 atom stereocenters. The third kappa shape index (κ3) is 3.54. The maximum atomic E-state index is 13.2. The summed E-state index contributed by atoms with van der Waals surface area (Å²) in [6.45, 7) is 0. The molecule has 7 heteroatoms. The minimum absolute atomic E-state index is 0.0233. The Kier molecular flexibility index (Phi) is 5.05. The largest absolute Gasteiger partial charge is 0.510 e. The van der Waals surface area contributed by atoms with Gasteiger partial charge in [-0.1, -0.05) is 23.7 Å². The Hall–Kier alpha value is -2.07. The van der Waals surface area contributed by atoms with Gasteiger partial charge in [0, 0.05) is 4.90 Å². The molecule has 0 saturated carbocycles. The van der Waals surface area contributed by atoms with E-state index in [2.05, 4.69) is 4.98 Å². The van der Waals surface area contributed by atoms with Gasteiger partial charge >= 0.3 is 0 Å². The van der Waals surface area contributed by atoms with E-state index in [-0.39, 0.29) is 22.1 Å². The number of thiazole rings is 1. The van der Waals surface area contributed by atoms with Crippen LogP contribution in [0.25, 0.3) is 15.8 Å². The number of aromatic nitrogens is 1. The monoisotopic (exact) mass is 376 g/mol. The lowest BCUT2D eigenvalue weighted by molar-refractivity contribution is 0.421. The first-order valence-corrected chi connectivity index (χ1v) is 9.02. The lowest BCUT2D eigenvalue weighted by atomic mass is 10.2. The smallest absolute Gasteiger partial charge is 0.141 e. The summed E-state index contributed by atoms with van der Waals surface area (Å²) in [6.07, 6.45) is 0. The van der Waals surface area contributed by atoms with Crippen LogP contribution in [0, 0.1) is 17.1 Å². The van der Waals surface area contributed by atoms with Crippen LogP contribution in [-0.4, -0.2) is 15.8 Å². The van der Waals surface area contributed by atoms with Crippen LogP contribution < -0.4 is 0 Å². The number of nitriles is 1. The second kappa shape index (κ2) is 7.22. The maximum absolute atomic E-state index is 13.2. The lowest BCUT2D eigenvalue weighted by Crippen LogP contribution is -1.93. The molecule has 0 aliphatic rings. The van der Waals surface area contributed by atoms with Crippen LogP contribution in [0.15, 0.2) is 53.1 Å². The number of para-hydroxylation sites is 1. The molecule has 3 aromatic rings. The molecule has 0 spiro atoms. The van der Waals surface area contributed by atoms with Crippen LogP contribution in [0.2, 0.25) is 5.02 Å². The molecule has 3 rings (SSSR count). The number of thioether (sulfide) groups is 1. The molecule has 2 aromatic carbocycles. The molecule has 0 saturated heterocycles. The van der Waals surface area contributed by atoms with E-state index in [4.69, 9.17) is 11.6 Å². The Morgan fingerprint density at radius 1 is 1.33 bits per heavy atom. The van der Waals surface area contributed by atoms with Crippen molar-refractivity contribution < 1.29 is 9.50 Å². The molecule has 0 fully saturated rings. The fourth-order valence-electron chi connectivity index (χ4n) is 2.01. The average Bonchev–Trinajstić information content (AvgIpc) is 3.00. The van der Waals surface area contributed by atoms with Crippen LogP contribution >= 0.6 is 34.7 Å². The van der Waals surface area contributed by atoms with Gasteiger partial charge in [-0.3, -0.25) is 0 Å². The van der Waals surface area contributed by atoms with Crippen molar-refractivity contribution in [1.29, 1.82) is 5.26 Å². The van der Waals surface area contributed by atoms with Crippen LogP contribution in [0.1, 0.15) is 5.01 Å². The van der Waals surface area contributed by atoms with Gasteiger partial charge in [0.25, 0.3) is 0 Å².